The Hall–Kier alpha value is -3.97. The fourth-order valence-electron chi connectivity index (χ4n) is 3.04. The van der Waals surface area contributed by atoms with Gasteiger partial charge in [-0.2, -0.15) is 5.10 Å². The third-order valence-corrected chi connectivity index (χ3v) is 6.84. The molecule has 0 radical (unpaired) electrons. The normalized spacial score (nSPS) is 11.7. The van der Waals surface area contributed by atoms with E-state index in [4.69, 9.17) is 4.74 Å². The average Bonchev–Trinajstić information content (AvgIpc) is 3.35. The second-order valence-electron chi connectivity index (χ2n) is 6.78. The van der Waals surface area contributed by atoms with Crippen molar-refractivity contribution in [3.63, 3.8) is 0 Å². The van der Waals surface area contributed by atoms with E-state index in [-0.39, 0.29) is 22.0 Å². The molecule has 0 atom stereocenters. The summed E-state index contributed by atoms with van der Waals surface area (Å²) >= 11 is 1.48. The van der Waals surface area contributed by atoms with Crippen molar-refractivity contribution in [2.45, 2.75) is 11.8 Å². The van der Waals surface area contributed by atoms with E-state index in [0.717, 1.165) is 22.4 Å². The number of hydrazone groups is 1. The van der Waals surface area contributed by atoms with Crippen molar-refractivity contribution >= 4 is 49.6 Å². The molecule has 0 bridgehead atoms. The summed E-state index contributed by atoms with van der Waals surface area (Å²) in [5.41, 5.74) is 4.13. The molecule has 170 valence electrons. The first-order chi connectivity index (χ1) is 15.8. The standard InChI is InChI=1S/C20H18N6O5S2/c1-13-18(25-9-10-32-20(25)22-13)12-21-23-17-8-5-15(26(27)28)11-19(17)33(29,30)24-14-3-6-16(31-2)7-4-14/h3-12,23-24H,1-2H3/b21-12-. The lowest BCUT2D eigenvalue weighted by molar-refractivity contribution is -0.385. The quantitative estimate of drug-likeness (QED) is 0.219. The molecule has 2 heterocycles. The van der Waals surface area contributed by atoms with Gasteiger partial charge < -0.3 is 4.74 Å². The molecule has 0 unspecified atom stereocenters. The minimum atomic E-state index is -4.19. The maximum absolute atomic E-state index is 13.1. The first-order valence-corrected chi connectivity index (χ1v) is 11.8. The van der Waals surface area contributed by atoms with Gasteiger partial charge in [0, 0.05) is 29.4 Å². The average molecular weight is 487 g/mol. The molecule has 0 spiro atoms. The number of rotatable bonds is 8. The number of aromatic nitrogens is 2. The van der Waals surface area contributed by atoms with Crippen LogP contribution in [0, 0.1) is 17.0 Å². The molecule has 2 aromatic heterocycles. The van der Waals surface area contributed by atoms with Crippen LogP contribution in [0.25, 0.3) is 4.96 Å². The second-order valence-corrected chi connectivity index (χ2v) is 9.30. The molecule has 2 aromatic carbocycles. The SMILES string of the molecule is COc1ccc(NS(=O)(=O)c2cc([N+](=O)[O-])ccc2N/N=C\c2c(C)nc3sccn23)cc1. The van der Waals surface area contributed by atoms with Gasteiger partial charge in [0.25, 0.3) is 15.7 Å². The predicted molar refractivity (Wildman–Crippen MR) is 126 cm³/mol. The van der Waals surface area contributed by atoms with E-state index in [1.165, 1.54) is 48.9 Å². The topological polar surface area (TPSA) is 140 Å². The lowest BCUT2D eigenvalue weighted by Crippen LogP contribution is -2.15. The number of imidazole rings is 1. The molecule has 33 heavy (non-hydrogen) atoms. The fourth-order valence-corrected chi connectivity index (χ4v) is 5.04. The Kier molecular flexibility index (Phi) is 5.98. The lowest BCUT2D eigenvalue weighted by atomic mass is 10.3. The summed E-state index contributed by atoms with van der Waals surface area (Å²) in [4.78, 5) is 15.5. The number of benzene rings is 2. The van der Waals surface area contributed by atoms with E-state index in [9.17, 15) is 18.5 Å². The molecular weight excluding hydrogens is 468 g/mol. The van der Waals surface area contributed by atoms with Crippen LogP contribution in [-0.2, 0) is 10.0 Å². The zero-order valence-corrected chi connectivity index (χ0v) is 19.1. The summed E-state index contributed by atoms with van der Waals surface area (Å²) in [5, 5.41) is 17.3. The monoisotopic (exact) mass is 486 g/mol. The Morgan fingerprint density at radius 2 is 2.00 bits per heavy atom. The fraction of sp³-hybridized carbons (Fsp3) is 0.100. The highest BCUT2D eigenvalue weighted by atomic mass is 32.2. The molecule has 13 heteroatoms. The number of fused-ring (bicyclic) bond motifs is 1. The van der Waals surface area contributed by atoms with E-state index in [2.05, 4.69) is 20.2 Å². The van der Waals surface area contributed by atoms with Gasteiger partial charge in [-0.15, -0.1) is 11.3 Å². The number of thiazole rings is 1. The summed E-state index contributed by atoms with van der Waals surface area (Å²) in [6.07, 6.45) is 3.36. The summed E-state index contributed by atoms with van der Waals surface area (Å²) in [6.45, 7) is 1.83. The van der Waals surface area contributed by atoms with Crippen molar-refractivity contribution in [2.75, 3.05) is 17.3 Å². The number of nitrogens with one attached hydrogen (secondary N) is 2. The number of hydrogen-bond donors (Lipinski definition) is 2. The number of methoxy groups -OCH3 is 1. The van der Waals surface area contributed by atoms with Crippen molar-refractivity contribution in [1.29, 1.82) is 0 Å². The highest BCUT2D eigenvalue weighted by Gasteiger charge is 2.23. The maximum Gasteiger partial charge on any atom is 0.270 e. The van der Waals surface area contributed by atoms with Gasteiger partial charge in [-0.3, -0.25) is 24.7 Å². The predicted octanol–water partition coefficient (Wildman–Crippen LogP) is 3.87. The van der Waals surface area contributed by atoms with Gasteiger partial charge in [-0.25, -0.2) is 13.4 Å². The van der Waals surface area contributed by atoms with E-state index < -0.39 is 14.9 Å². The van der Waals surface area contributed by atoms with Crippen LogP contribution in [0.4, 0.5) is 17.1 Å². The largest absolute Gasteiger partial charge is 0.497 e. The first kappa shape index (κ1) is 22.2. The zero-order chi connectivity index (χ0) is 23.6. The van der Waals surface area contributed by atoms with Crippen LogP contribution in [0.2, 0.25) is 0 Å². The summed E-state index contributed by atoms with van der Waals surface area (Å²) < 4.78 is 35.5. The van der Waals surface area contributed by atoms with Crippen LogP contribution in [0.1, 0.15) is 11.4 Å². The van der Waals surface area contributed by atoms with Gasteiger partial charge in [-0.1, -0.05) is 0 Å². The van der Waals surface area contributed by atoms with Crippen molar-refractivity contribution < 1.29 is 18.1 Å². The van der Waals surface area contributed by atoms with Crippen LogP contribution in [0.15, 0.2) is 64.0 Å². The molecule has 0 amide bonds. The van der Waals surface area contributed by atoms with Crippen molar-refractivity contribution in [2.24, 2.45) is 5.10 Å². The highest BCUT2D eigenvalue weighted by molar-refractivity contribution is 7.92. The zero-order valence-electron chi connectivity index (χ0n) is 17.4. The third-order valence-electron chi connectivity index (χ3n) is 4.66. The Morgan fingerprint density at radius 3 is 2.70 bits per heavy atom. The molecule has 0 aliphatic heterocycles. The Bertz CT molecular complexity index is 1460. The van der Waals surface area contributed by atoms with Crippen molar-refractivity contribution in [3.05, 3.63) is 75.5 Å². The molecule has 0 fully saturated rings. The number of nitrogens with zero attached hydrogens (tertiary/aromatic N) is 4. The molecular formula is C20H18N6O5S2. The van der Waals surface area contributed by atoms with Crippen molar-refractivity contribution in [3.8, 4) is 5.75 Å². The highest BCUT2D eigenvalue weighted by Crippen LogP contribution is 2.29. The van der Waals surface area contributed by atoms with Gasteiger partial charge in [0.2, 0.25) is 0 Å². The molecule has 0 aliphatic carbocycles. The number of anilines is 2. The van der Waals surface area contributed by atoms with E-state index in [0.29, 0.717) is 5.75 Å². The second kappa shape index (κ2) is 8.88. The Morgan fingerprint density at radius 1 is 1.24 bits per heavy atom. The molecule has 0 aliphatic rings. The summed E-state index contributed by atoms with van der Waals surface area (Å²) in [7, 11) is -2.69. The number of ether oxygens (including phenoxy) is 1. The van der Waals surface area contributed by atoms with E-state index in [1.54, 1.807) is 12.1 Å². The summed E-state index contributed by atoms with van der Waals surface area (Å²) in [6, 6.07) is 9.69. The molecule has 4 aromatic rings. The number of aryl methyl sites for hydroxylation is 1. The van der Waals surface area contributed by atoms with Gasteiger partial charge >= 0.3 is 0 Å². The minimum Gasteiger partial charge on any atom is -0.497 e. The number of nitro benzene ring substituents is 1. The Labute approximate surface area is 192 Å². The van der Waals surface area contributed by atoms with Crippen LogP contribution in [0.3, 0.4) is 0 Å². The summed E-state index contributed by atoms with van der Waals surface area (Å²) in [5.74, 6) is 0.555. The third kappa shape index (κ3) is 4.63. The number of sulfonamides is 1. The first-order valence-electron chi connectivity index (χ1n) is 9.45. The molecule has 2 N–H and O–H groups in total. The Balaban J connectivity index is 1.66. The lowest BCUT2D eigenvalue weighted by Gasteiger charge is -2.12. The van der Waals surface area contributed by atoms with Gasteiger partial charge in [0.1, 0.15) is 10.6 Å². The molecule has 0 saturated heterocycles. The van der Waals surface area contributed by atoms with Crippen molar-refractivity contribution in [1.82, 2.24) is 9.38 Å². The number of hydrogen-bond acceptors (Lipinski definition) is 9. The van der Waals surface area contributed by atoms with Gasteiger partial charge in [0.05, 0.1) is 35.3 Å². The van der Waals surface area contributed by atoms with Gasteiger partial charge in [-0.05, 0) is 37.3 Å². The van der Waals surface area contributed by atoms with Crippen LogP contribution < -0.4 is 14.9 Å². The molecule has 4 rings (SSSR count). The van der Waals surface area contributed by atoms with Crippen LogP contribution in [-0.4, -0.2) is 36.1 Å². The smallest absolute Gasteiger partial charge is 0.270 e. The van der Waals surface area contributed by atoms with Gasteiger partial charge in [0.15, 0.2) is 4.96 Å². The van der Waals surface area contributed by atoms with Crippen LogP contribution in [0.5, 0.6) is 5.75 Å². The number of nitro groups is 1. The minimum absolute atomic E-state index is 0.0709. The van der Waals surface area contributed by atoms with Crippen LogP contribution >= 0.6 is 11.3 Å². The maximum atomic E-state index is 13.1. The van der Waals surface area contributed by atoms with E-state index >= 15 is 0 Å². The molecule has 0 saturated carbocycles. The number of non-ortho nitro benzene ring substituents is 1. The molecule has 11 nitrogen and oxygen atoms in total. The van der Waals surface area contributed by atoms with E-state index in [1.807, 2.05) is 22.9 Å².